The van der Waals surface area contributed by atoms with Gasteiger partial charge in [-0.05, 0) is 62.2 Å². The van der Waals surface area contributed by atoms with Crippen LogP contribution in [0.5, 0.6) is 5.75 Å². The van der Waals surface area contributed by atoms with Crippen LogP contribution in [0.15, 0.2) is 71.6 Å². The molecule has 0 bridgehead atoms. The van der Waals surface area contributed by atoms with Gasteiger partial charge in [0.2, 0.25) is 11.8 Å². The van der Waals surface area contributed by atoms with E-state index >= 15 is 0 Å². The van der Waals surface area contributed by atoms with Crippen molar-refractivity contribution in [1.82, 2.24) is 10.2 Å². The fraction of sp³-hybridized carbons (Fsp3) is 0.286. The van der Waals surface area contributed by atoms with Gasteiger partial charge in [0, 0.05) is 25.2 Å². The van der Waals surface area contributed by atoms with Gasteiger partial charge < -0.3 is 15.0 Å². The van der Waals surface area contributed by atoms with Gasteiger partial charge in [0.05, 0.1) is 22.6 Å². The van der Waals surface area contributed by atoms with Crippen molar-refractivity contribution in [2.75, 3.05) is 25.0 Å². The molecule has 0 saturated carbocycles. The van der Waals surface area contributed by atoms with E-state index in [4.69, 9.17) is 4.74 Å². The normalized spacial score (nSPS) is 11.8. The van der Waals surface area contributed by atoms with Gasteiger partial charge in [0.25, 0.3) is 15.7 Å². The maximum Gasteiger partial charge on any atom is 0.273 e. The predicted molar refractivity (Wildman–Crippen MR) is 151 cm³/mol. The summed E-state index contributed by atoms with van der Waals surface area (Å²) in [5, 5.41) is 14.1. The smallest absolute Gasteiger partial charge is 0.273 e. The van der Waals surface area contributed by atoms with Gasteiger partial charge in [0.1, 0.15) is 18.3 Å². The van der Waals surface area contributed by atoms with Gasteiger partial charge in [-0.1, -0.05) is 30.3 Å². The summed E-state index contributed by atoms with van der Waals surface area (Å²) < 4.78 is 33.9. The number of methoxy groups -OCH3 is 1. The fourth-order valence-corrected chi connectivity index (χ4v) is 5.55. The van der Waals surface area contributed by atoms with Crippen LogP contribution in [0, 0.1) is 24.0 Å². The highest BCUT2D eigenvalue weighted by molar-refractivity contribution is 7.92. The van der Waals surface area contributed by atoms with Gasteiger partial charge in [-0.3, -0.25) is 24.0 Å². The molecule has 0 heterocycles. The Hall–Kier alpha value is -4.45. The number of nitrogens with one attached hydrogen (secondary N) is 1. The zero-order valence-electron chi connectivity index (χ0n) is 23.0. The molecule has 3 rings (SSSR count). The van der Waals surface area contributed by atoms with Gasteiger partial charge >= 0.3 is 0 Å². The number of hydrogen-bond donors (Lipinski definition) is 1. The number of carbonyl (C=O) groups is 2. The number of rotatable bonds is 11. The van der Waals surface area contributed by atoms with E-state index in [2.05, 4.69) is 5.32 Å². The first-order valence-corrected chi connectivity index (χ1v) is 13.8. The molecule has 12 heteroatoms. The molecule has 11 nitrogen and oxygen atoms in total. The SMILES string of the molecule is CNC(=O)[C@@H](C)N(Cc1ccccc1C)C(=O)CN(c1ccc(OC)cc1)S(=O)(=O)c1ccc(C)c([N+](=O)[O-])c1. The maximum absolute atomic E-state index is 13.9. The van der Waals surface area contributed by atoms with Crippen molar-refractivity contribution < 1.29 is 27.7 Å². The highest BCUT2D eigenvalue weighted by Crippen LogP contribution is 2.29. The number of hydrogen-bond acceptors (Lipinski definition) is 7. The Morgan fingerprint density at radius 1 is 1.02 bits per heavy atom. The monoisotopic (exact) mass is 568 g/mol. The first kappa shape index (κ1) is 30.1. The standard InChI is InChI=1S/C28H32N4O7S/c1-19-8-6-7-9-22(19)17-30(21(3)28(34)29-4)27(33)18-31(23-11-13-24(39-5)14-12-23)40(37,38)25-15-10-20(2)26(16-25)32(35)36/h6-16,21H,17-18H2,1-5H3,(H,29,34)/t21-/m1/s1. The summed E-state index contributed by atoms with van der Waals surface area (Å²) in [5.41, 5.74) is 1.76. The quantitative estimate of drug-likeness (QED) is 0.276. The minimum absolute atomic E-state index is 0.0621. The van der Waals surface area contributed by atoms with Crippen LogP contribution < -0.4 is 14.4 Å². The third-order valence-electron chi connectivity index (χ3n) is 6.62. The lowest BCUT2D eigenvalue weighted by molar-refractivity contribution is -0.385. The first-order valence-electron chi connectivity index (χ1n) is 12.4. The lowest BCUT2D eigenvalue weighted by Gasteiger charge is -2.32. The van der Waals surface area contributed by atoms with E-state index in [0.717, 1.165) is 21.5 Å². The molecule has 1 N–H and O–H groups in total. The van der Waals surface area contributed by atoms with Gasteiger partial charge in [-0.2, -0.15) is 0 Å². The molecule has 0 aromatic heterocycles. The number of sulfonamides is 1. The van der Waals surface area contributed by atoms with Gasteiger partial charge in [-0.15, -0.1) is 0 Å². The molecule has 0 spiro atoms. The molecule has 0 aliphatic rings. The average Bonchev–Trinajstić information content (AvgIpc) is 2.94. The number of anilines is 1. The second-order valence-electron chi connectivity index (χ2n) is 9.15. The number of nitro groups is 1. The van der Waals surface area contributed by atoms with Crippen molar-refractivity contribution in [2.45, 2.75) is 38.3 Å². The third-order valence-corrected chi connectivity index (χ3v) is 8.39. The summed E-state index contributed by atoms with van der Waals surface area (Å²) in [6.07, 6.45) is 0. The zero-order valence-corrected chi connectivity index (χ0v) is 23.8. The summed E-state index contributed by atoms with van der Waals surface area (Å²) in [4.78, 5) is 38.3. The van der Waals surface area contributed by atoms with E-state index in [0.29, 0.717) is 11.3 Å². The van der Waals surface area contributed by atoms with Crippen LogP contribution in [0.3, 0.4) is 0 Å². The van der Waals surface area contributed by atoms with E-state index in [1.54, 1.807) is 6.92 Å². The largest absolute Gasteiger partial charge is 0.497 e. The molecule has 3 aromatic carbocycles. The molecule has 212 valence electrons. The number of benzene rings is 3. The molecule has 0 radical (unpaired) electrons. The number of carbonyl (C=O) groups excluding carboxylic acids is 2. The Kier molecular flexibility index (Phi) is 9.48. The van der Waals surface area contributed by atoms with Crippen molar-refractivity contribution >= 4 is 33.2 Å². The highest BCUT2D eigenvalue weighted by atomic mass is 32.2. The number of likely N-dealkylation sites (N-methyl/N-ethyl adjacent to an activating group) is 1. The molecule has 3 aromatic rings. The topological polar surface area (TPSA) is 139 Å². The maximum atomic E-state index is 13.9. The minimum Gasteiger partial charge on any atom is -0.497 e. The van der Waals surface area contributed by atoms with Crippen LogP contribution in [0.2, 0.25) is 0 Å². The van der Waals surface area contributed by atoms with Gasteiger partial charge in [-0.25, -0.2) is 8.42 Å². The van der Waals surface area contributed by atoms with E-state index in [-0.39, 0.29) is 22.8 Å². The van der Waals surface area contributed by atoms with Crippen molar-refractivity contribution in [3.8, 4) is 5.75 Å². The molecule has 0 fully saturated rings. The molecular weight excluding hydrogens is 536 g/mol. The van der Waals surface area contributed by atoms with E-state index in [9.17, 15) is 28.1 Å². The summed E-state index contributed by atoms with van der Waals surface area (Å²) >= 11 is 0. The Balaban J connectivity index is 2.10. The first-order chi connectivity index (χ1) is 18.9. The van der Waals surface area contributed by atoms with E-state index < -0.39 is 39.3 Å². The zero-order chi connectivity index (χ0) is 29.6. The molecule has 2 amide bonds. The lowest BCUT2D eigenvalue weighted by atomic mass is 10.1. The number of nitro benzene ring substituents is 1. The second kappa shape index (κ2) is 12.6. The minimum atomic E-state index is -4.47. The second-order valence-corrected chi connectivity index (χ2v) is 11.0. The number of ether oxygens (including phenoxy) is 1. The third kappa shape index (κ3) is 6.57. The molecule has 0 saturated heterocycles. The summed E-state index contributed by atoms with van der Waals surface area (Å²) in [6.45, 7) is 4.34. The van der Waals surface area contributed by atoms with Crippen molar-refractivity contribution in [3.63, 3.8) is 0 Å². The predicted octanol–water partition coefficient (Wildman–Crippen LogP) is 3.58. The number of aryl methyl sites for hydroxylation is 2. The molecule has 0 unspecified atom stereocenters. The Labute approximate surface area is 233 Å². The van der Waals surface area contributed by atoms with E-state index in [1.807, 2.05) is 31.2 Å². The summed E-state index contributed by atoms with van der Waals surface area (Å²) in [6, 6.07) is 16.1. The van der Waals surface area contributed by atoms with Crippen molar-refractivity contribution in [3.05, 3.63) is 93.5 Å². The molecule has 40 heavy (non-hydrogen) atoms. The summed E-state index contributed by atoms with van der Waals surface area (Å²) in [5.74, 6) is -0.594. The van der Waals surface area contributed by atoms with Crippen LogP contribution >= 0.6 is 0 Å². The summed E-state index contributed by atoms with van der Waals surface area (Å²) in [7, 11) is -1.56. The molecule has 0 aliphatic carbocycles. The van der Waals surface area contributed by atoms with Crippen LogP contribution in [0.25, 0.3) is 0 Å². The molecule has 0 aliphatic heterocycles. The highest BCUT2D eigenvalue weighted by Gasteiger charge is 2.33. The van der Waals surface area contributed by atoms with Crippen molar-refractivity contribution in [1.29, 1.82) is 0 Å². The average molecular weight is 569 g/mol. The molecule has 1 atom stereocenters. The number of nitrogens with zero attached hydrogens (tertiary/aromatic N) is 3. The molecular formula is C28H32N4O7S. The van der Waals surface area contributed by atoms with Crippen LogP contribution in [-0.2, 0) is 26.2 Å². The van der Waals surface area contributed by atoms with Gasteiger partial charge in [0.15, 0.2) is 0 Å². The van der Waals surface area contributed by atoms with Crippen molar-refractivity contribution in [2.24, 2.45) is 0 Å². The van der Waals surface area contributed by atoms with E-state index in [1.165, 1.54) is 62.4 Å². The van der Waals surface area contributed by atoms with Crippen LogP contribution in [0.1, 0.15) is 23.6 Å². The van der Waals surface area contributed by atoms with Crippen LogP contribution in [-0.4, -0.2) is 56.8 Å². The fourth-order valence-electron chi connectivity index (χ4n) is 4.11. The van der Waals surface area contributed by atoms with Crippen LogP contribution in [0.4, 0.5) is 11.4 Å². The Morgan fingerprint density at radius 2 is 1.68 bits per heavy atom. The number of amides is 2. The lowest BCUT2D eigenvalue weighted by Crippen LogP contribution is -2.50. The Morgan fingerprint density at radius 3 is 2.25 bits per heavy atom. The Bertz CT molecular complexity index is 1510.